The molecule has 0 spiro atoms. The number of amides is 1. The molecule has 1 unspecified atom stereocenters. The van der Waals surface area contributed by atoms with Gasteiger partial charge in [-0.3, -0.25) is 4.79 Å². The SMILES string of the molecule is CC(C(=O)Nc1ccc(-n2cccn2)nc1)S(C)(=O)=O. The quantitative estimate of drug-likeness (QED) is 0.893. The summed E-state index contributed by atoms with van der Waals surface area (Å²) in [5, 5.41) is 5.43. The zero-order valence-corrected chi connectivity index (χ0v) is 11.8. The third-order valence-corrected chi connectivity index (χ3v) is 4.26. The van der Waals surface area contributed by atoms with Crippen LogP contribution in [-0.4, -0.2) is 40.6 Å². The average molecular weight is 294 g/mol. The molecule has 1 N–H and O–H groups in total. The highest BCUT2D eigenvalue weighted by Crippen LogP contribution is 2.10. The second-order valence-electron chi connectivity index (χ2n) is 4.32. The normalized spacial score (nSPS) is 12.9. The van der Waals surface area contributed by atoms with E-state index >= 15 is 0 Å². The Labute approximate surface area is 116 Å². The Balaban J connectivity index is 2.10. The maximum Gasteiger partial charge on any atom is 0.242 e. The van der Waals surface area contributed by atoms with Gasteiger partial charge < -0.3 is 5.32 Å². The molecule has 0 aliphatic heterocycles. The fourth-order valence-electron chi connectivity index (χ4n) is 1.44. The summed E-state index contributed by atoms with van der Waals surface area (Å²) in [4.78, 5) is 15.9. The number of carbonyl (C=O) groups is 1. The van der Waals surface area contributed by atoms with Crippen molar-refractivity contribution >= 4 is 21.4 Å². The molecule has 1 atom stereocenters. The Morgan fingerprint density at radius 1 is 1.40 bits per heavy atom. The van der Waals surface area contributed by atoms with Gasteiger partial charge in [0, 0.05) is 18.6 Å². The first-order valence-electron chi connectivity index (χ1n) is 5.84. The molecule has 0 bridgehead atoms. The molecule has 2 rings (SSSR count). The first kappa shape index (κ1) is 14.2. The van der Waals surface area contributed by atoms with Crippen molar-refractivity contribution in [1.82, 2.24) is 14.8 Å². The number of hydrogen-bond acceptors (Lipinski definition) is 5. The third kappa shape index (κ3) is 3.21. The number of sulfone groups is 1. The smallest absolute Gasteiger partial charge is 0.242 e. The van der Waals surface area contributed by atoms with Crippen LogP contribution in [0.5, 0.6) is 0 Å². The van der Waals surface area contributed by atoms with E-state index in [0.29, 0.717) is 11.5 Å². The van der Waals surface area contributed by atoms with Crippen molar-refractivity contribution in [3.8, 4) is 5.82 Å². The van der Waals surface area contributed by atoms with Gasteiger partial charge >= 0.3 is 0 Å². The lowest BCUT2D eigenvalue weighted by Gasteiger charge is -2.10. The van der Waals surface area contributed by atoms with E-state index in [1.54, 1.807) is 35.3 Å². The fraction of sp³-hybridized carbons (Fsp3) is 0.250. The Morgan fingerprint density at radius 3 is 2.65 bits per heavy atom. The molecule has 0 aliphatic carbocycles. The van der Waals surface area contributed by atoms with Crippen molar-refractivity contribution in [2.24, 2.45) is 0 Å². The highest BCUT2D eigenvalue weighted by atomic mass is 32.2. The number of nitrogens with zero attached hydrogens (tertiary/aromatic N) is 3. The van der Waals surface area contributed by atoms with Crippen LogP contribution < -0.4 is 5.32 Å². The zero-order valence-electron chi connectivity index (χ0n) is 11.0. The van der Waals surface area contributed by atoms with Crippen LogP contribution in [0, 0.1) is 0 Å². The van der Waals surface area contributed by atoms with E-state index in [9.17, 15) is 13.2 Å². The molecule has 20 heavy (non-hydrogen) atoms. The third-order valence-electron chi connectivity index (χ3n) is 2.77. The predicted octanol–water partition coefficient (Wildman–Crippen LogP) is 0.639. The second kappa shape index (κ2) is 5.41. The lowest BCUT2D eigenvalue weighted by Crippen LogP contribution is -2.31. The van der Waals surface area contributed by atoms with Crippen LogP contribution >= 0.6 is 0 Å². The second-order valence-corrected chi connectivity index (χ2v) is 6.68. The summed E-state index contributed by atoms with van der Waals surface area (Å²) in [7, 11) is -3.41. The van der Waals surface area contributed by atoms with Crippen molar-refractivity contribution in [2.45, 2.75) is 12.2 Å². The van der Waals surface area contributed by atoms with Gasteiger partial charge in [-0.25, -0.2) is 18.1 Å². The number of aromatic nitrogens is 3. The van der Waals surface area contributed by atoms with E-state index < -0.39 is 21.0 Å². The van der Waals surface area contributed by atoms with Gasteiger partial charge in [-0.1, -0.05) is 0 Å². The molecule has 0 saturated heterocycles. The maximum atomic E-state index is 11.7. The molecule has 0 saturated carbocycles. The molecule has 0 aromatic carbocycles. The van der Waals surface area contributed by atoms with Crippen LogP contribution in [0.4, 0.5) is 5.69 Å². The largest absolute Gasteiger partial charge is 0.324 e. The summed E-state index contributed by atoms with van der Waals surface area (Å²) in [5.74, 6) is 0.0188. The minimum absolute atomic E-state index is 0.432. The van der Waals surface area contributed by atoms with Crippen LogP contribution in [0.2, 0.25) is 0 Å². The Morgan fingerprint density at radius 2 is 2.15 bits per heavy atom. The molecule has 0 fully saturated rings. The van der Waals surface area contributed by atoms with Gasteiger partial charge in [0.1, 0.15) is 5.25 Å². The van der Waals surface area contributed by atoms with Gasteiger partial charge in [-0.05, 0) is 25.1 Å². The van der Waals surface area contributed by atoms with Gasteiger partial charge in [-0.15, -0.1) is 0 Å². The number of pyridine rings is 1. The Hall–Kier alpha value is -2.22. The zero-order chi connectivity index (χ0) is 14.8. The van der Waals surface area contributed by atoms with Crippen LogP contribution in [-0.2, 0) is 14.6 Å². The lowest BCUT2D eigenvalue weighted by atomic mass is 10.3. The summed E-state index contributed by atoms with van der Waals surface area (Å²) in [6, 6.07) is 5.08. The molecule has 0 aliphatic rings. The average Bonchev–Trinajstić information content (AvgIpc) is 2.91. The van der Waals surface area contributed by atoms with E-state index in [4.69, 9.17) is 0 Å². The number of rotatable bonds is 4. The fourth-order valence-corrected chi connectivity index (χ4v) is 1.89. The number of hydrogen-bond donors (Lipinski definition) is 1. The van der Waals surface area contributed by atoms with Crippen LogP contribution in [0.3, 0.4) is 0 Å². The van der Waals surface area contributed by atoms with E-state index in [0.717, 1.165) is 6.26 Å². The minimum Gasteiger partial charge on any atom is -0.324 e. The summed E-state index contributed by atoms with van der Waals surface area (Å²) in [6.45, 7) is 1.34. The van der Waals surface area contributed by atoms with E-state index in [1.165, 1.54) is 13.1 Å². The number of carbonyl (C=O) groups excluding carboxylic acids is 1. The molecule has 0 radical (unpaired) electrons. The Kier molecular flexibility index (Phi) is 3.84. The molecule has 1 amide bonds. The van der Waals surface area contributed by atoms with E-state index in [-0.39, 0.29) is 0 Å². The Bertz CT molecular complexity index is 693. The topological polar surface area (TPSA) is 93.9 Å². The van der Waals surface area contributed by atoms with Crippen LogP contribution in [0.25, 0.3) is 5.82 Å². The monoisotopic (exact) mass is 294 g/mol. The maximum absolute atomic E-state index is 11.7. The summed E-state index contributed by atoms with van der Waals surface area (Å²) in [6.07, 6.45) is 5.84. The molecule has 2 heterocycles. The number of anilines is 1. The van der Waals surface area contributed by atoms with Gasteiger partial charge in [0.25, 0.3) is 0 Å². The first-order chi connectivity index (χ1) is 9.38. The summed E-state index contributed by atoms with van der Waals surface area (Å²) >= 11 is 0. The molecule has 8 heteroatoms. The van der Waals surface area contributed by atoms with Crippen molar-refractivity contribution in [1.29, 1.82) is 0 Å². The molecule has 106 valence electrons. The molecular formula is C12H14N4O3S. The standard InChI is InChI=1S/C12H14N4O3S/c1-9(20(2,18)19)12(17)15-10-4-5-11(13-8-10)16-7-3-6-14-16/h3-9H,1-2H3,(H,15,17). The predicted molar refractivity (Wildman–Crippen MR) is 74.3 cm³/mol. The van der Waals surface area contributed by atoms with Crippen molar-refractivity contribution in [3.05, 3.63) is 36.8 Å². The summed E-state index contributed by atoms with van der Waals surface area (Å²) < 4.78 is 24.1. The summed E-state index contributed by atoms with van der Waals surface area (Å²) in [5.41, 5.74) is 0.432. The van der Waals surface area contributed by atoms with E-state index in [2.05, 4.69) is 15.4 Å². The van der Waals surface area contributed by atoms with Gasteiger partial charge in [0.05, 0.1) is 11.9 Å². The lowest BCUT2D eigenvalue weighted by molar-refractivity contribution is -0.115. The van der Waals surface area contributed by atoms with Gasteiger partial charge in [0.2, 0.25) is 5.91 Å². The first-order valence-corrected chi connectivity index (χ1v) is 7.79. The highest BCUT2D eigenvalue weighted by Gasteiger charge is 2.23. The van der Waals surface area contributed by atoms with Crippen molar-refractivity contribution in [3.63, 3.8) is 0 Å². The van der Waals surface area contributed by atoms with Crippen molar-refractivity contribution < 1.29 is 13.2 Å². The molecule has 2 aromatic heterocycles. The van der Waals surface area contributed by atoms with Gasteiger partial charge in [-0.2, -0.15) is 5.10 Å². The van der Waals surface area contributed by atoms with Crippen LogP contribution in [0.15, 0.2) is 36.8 Å². The molecular weight excluding hydrogens is 280 g/mol. The van der Waals surface area contributed by atoms with Crippen molar-refractivity contribution in [2.75, 3.05) is 11.6 Å². The highest BCUT2D eigenvalue weighted by molar-refractivity contribution is 7.92. The number of nitrogens with one attached hydrogen (secondary N) is 1. The van der Waals surface area contributed by atoms with Crippen LogP contribution in [0.1, 0.15) is 6.92 Å². The minimum atomic E-state index is -3.41. The molecule has 7 nitrogen and oxygen atoms in total. The van der Waals surface area contributed by atoms with E-state index in [1.807, 2.05) is 0 Å². The molecule has 2 aromatic rings. The van der Waals surface area contributed by atoms with Gasteiger partial charge in [0.15, 0.2) is 15.7 Å².